The van der Waals surface area contributed by atoms with Gasteiger partial charge in [-0.1, -0.05) is 5.16 Å². The van der Waals surface area contributed by atoms with Crippen LogP contribution >= 0.6 is 0 Å². The number of aliphatic hydroxyl groups excluding tert-OH is 1. The number of nitrogens with zero attached hydrogens (tertiary/aromatic N) is 2. The molecule has 0 amide bonds. The minimum Gasteiger partial charge on any atom is -0.409 e. The second-order valence-corrected chi connectivity index (χ2v) is 4.68. The highest BCUT2D eigenvalue weighted by Crippen LogP contribution is 2.27. The molecule has 5 nitrogen and oxygen atoms in total. The zero-order chi connectivity index (χ0) is 13.8. The predicted octanol–water partition coefficient (Wildman–Crippen LogP) is 1.27. The van der Waals surface area contributed by atoms with E-state index in [1.165, 1.54) is 6.07 Å². The number of benzene rings is 1. The summed E-state index contributed by atoms with van der Waals surface area (Å²) in [6.45, 7) is 0.743. The summed E-state index contributed by atoms with van der Waals surface area (Å²) in [4.78, 5) is 1.88. The zero-order valence-corrected chi connectivity index (χ0v) is 10.6. The van der Waals surface area contributed by atoms with Crippen LogP contribution in [0.1, 0.15) is 24.8 Å². The van der Waals surface area contributed by atoms with Crippen LogP contribution in [0.5, 0.6) is 0 Å². The maximum absolute atomic E-state index is 14.1. The minimum absolute atomic E-state index is 0.0153. The van der Waals surface area contributed by atoms with Crippen molar-refractivity contribution in [3.05, 3.63) is 29.6 Å². The van der Waals surface area contributed by atoms with Gasteiger partial charge in [-0.25, -0.2) is 4.39 Å². The number of halogens is 1. The van der Waals surface area contributed by atoms with Gasteiger partial charge < -0.3 is 20.9 Å². The van der Waals surface area contributed by atoms with Gasteiger partial charge >= 0.3 is 0 Å². The number of piperidine rings is 1. The first-order valence-corrected chi connectivity index (χ1v) is 6.32. The van der Waals surface area contributed by atoms with Crippen LogP contribution < -0.4 is 10.6 Å². The SMILES string of the molecule is NC(=NO)c1ccc(N2CCCCC2CO)c(F)c1. The Morgan fingerprint density at radius 3 is 2.89 bits per heavy atom. The Bertz CT molecular complexity index is 479. The largest absolute Gasteiger partial charge is 0.409 e. The van der Waals surface area contributed by atoms with Crippen molar-refractivity contribution < 1.29 is 14.7 Å². The molecule has 6 heteroatoms. The third-order valence-corrected chi connectivity index (χ3v) is 3.50. The average Bonchev–Trinajstić information content (AvgIpc) is 2.46. The summed E-state index contributed by atoms with van der Waals surface area (Å²) in [5.74, 6) is -0.549. The van der Waals surface area contributed by atoms with Gasteiger partial charge in [-0.2, -0.15) is 0 Å². The highest BCUT2D eigenvalue weighted by molar-refractivity contribution is 5.97. The molecule has 0 aliphatic carbocycles. The Morgan fingerprint density at radius 1 is 1.47 bits per heavy atom. The van der Waals surface area contributed by atoms with Crippen LogP contribution in [0.2, 0.25) is 0 Å². The fraction of sp³-hybridized carbons (Fsp3) is 0.462. The van der Waals surface area contributed by atoms with E-state index in [9.17, 15) is 9.50 Å². The van der Waals surface area contributed by atoms with Crippen LogP contribution in [0.15, 0.2) is 23.4 Å². The van der Waals surface area contributed by atoms with Gasteiger partial charge in [0.05, 0.1) is 18.3 Å². The maximum atomic E-state index is 14.1. The molecule has 0 spiro atoms. The van der Waals surface area contributed by atoms with Crippen molar-refractivity contribution in [2.24, 2.45) is 10.9 Å². The smallest absolute Gasteiger partial charge is 0.170 e. The lowest BCUT2D eigenvalue weighted by Crippen LogP contribution is -2.42. The lowest BCUT2D eigenvalue weighted by atomic mass is 10.0. The lowest BCUT2D eigenvalue weighted by Gasteiger charge is -2.36. The van der Waals surface area contributed by atoms with E-state index in [4.69, 9.17) is 10.9 Å². The van der Waals surface area contributed by atoms with Crippen LogP contribution in [0.25, 0.3) is 0 Å². The molecule has 1 heterocycles. The Hall–Kier alpha value is -1.82. The van der Waals surface area contributed by atoms with Gasteiger partial charge in [-0.3, -0.25) is 0 Å². The molecule has 19 heavy (non-hydrogen) atoms. The Balaban J connectivity index is 2.29. The number of rotatable bonds is 3. The molecule has 104 valence electrons. The summed E-state index contributed by atoms with van der Waals surface area (Å²) in [6, 6.07) is 4.42. The summed E-state index contributed by atoms with van der Waals surface area (Å²) >= 11 is 0. The molecule has 1 aromatic carbocycles. The van der Waals surface area contributed by atoms with E-state index < -0.39 is 5.82 Å². The van der Waals surface area contributed by atoms with E-state index in [1.54, 1.807) is 12.1 Å². The molecule has 4 N–H and O–H groups in total. The normalized spacial score (nSPS) is 20.6. The monoisotopic (exact) mass is 267 g/mol. The number of amidine groups is 1. The molecule has 0 radical (unpaired) electrons. The third kappa shape index (κ3) is 2.78. The Labute approximate surface area is 111 Å². The van der Waals surface area contributed by atoms with Gasteiger partial charge in [0, 0.05) is 12.1 Å². The summed E-state index contributed by atoms with van der Waals surface area (Å²) in [5.41, 5.74) is 6.21. The molecular formula is C13H18FN3O2. The molecule has 0 bridgehead atoms. The Morgan fingerprint density at radius 2 is 2.26 bits per heavy atom. The van der Waals surface area contributed by atoms with Gasteiger partial charge in [-0.15, -0.1) is 0 Å². The van der Waals surface area contributed by atoms with E-state index in [2.05, 4.69) is 5.16 Å². The van der Waals surface area contributed by atoms with E-state index in [1.807, 2.05) is 4.90 Å². The van der Waals surface area contributed by atoms with Crippen molar-refractivity contribution in [2.75, 3.05) is 18.1 Å². The molecule has 1 aliphatic heterocycles. The zero-order valence-electron chi connectivity index (χ0n) is 10.6. The number of aliphatic hydroxyl groups is 1. The van der Waals surface area contributed by atoms with Crippen LogP contribution in [0.4, 0.5) is 10.1 Å². The number of oxime groups is 1. The van der Waals surface area contributed by atoms with Crippen LogP contribution in [-0.2, 0) is 0 Å². The standard InChI is InChI=1S/C13H18FN3O2/c14-11-7-9(13(15)16-19)4-5-12(11)17-6-2-1-3-10(17)8-18/h4-5,7,10,18-19H,1-3,6,8H2,(H2,15,16). The van der Waals surface area contributed by atoms with E-state index in [0.29, 0.717) is 11.3 Å². The summed E-state index contributed by atoms with van der Waals surface area (Å²) < 4.78 is 14.1. The van der Waals surface area contributed by atoms with Gasteiger partial charge in [0.15, 0.2) is 5.84 Å². The fourth-order valence-electron chi connectivity index (χ4n) is 2.46. The first-order chi connectivity index (χ1) is 9.17. The molecule has 1 unspecified atom stereocenters. The van der Waals surface area contributed by atoms with Gasteiger partial charge in [0.25, 0.3) is 0 Å². The summed E-state index contributed by atoms with van der Waals surface area (Å²) in [5, 5.41) is 20.8. The maximum Gasteiger partial charge on any atom is 0.170 e. The second-order valence-electron chi connectivity index (χ2n) is 4.68. The van der Waals surface area contributed by atoms with Gasteiger partial charge in [0.1, 0.15) is 5.82 Å². The molecule has 1 aromatic rings. The van der Waals surface area contributed by atoms with Gasteiger partial charge in [-0.05, 0) is 37.5 Å². The number of anilines is 1. The molecule has 2 rings (SSSR count). The Kier molecular flexibility index (Phi) is 4.21. The van der Waals surface area contributed by atoms with E-state index in [0.717, 1.165) is 25.8 Å². The van der Waals surface area contributed by atoms with Gasteiger partial charge in [0.2, 0.25) is 0 Å². The number of nitrogens with two attached hydrogens (primary N) is 1. The molecule has 1 saturated heterocycles. The highest BCUT2D eigenvalue weighted by Gasteiger charge is 2.24. The molecular weight excluding hydrogens is 249 g/mol. The van der Waals surface area contributed by atoms with E-state index in [-0.39, 0.29) is 18.5 Å². The molecule has 1 aliphatic rings. The molecule has 1 fully saturated rings. The topological polar surface area (TPSA) is 82.1 Å². The van der Waals surface area contributed by atoms with Crippen molar-refractivity contribution >= 4 is 11.5 Å². The third-order valence-electron chi connectivity index (χ3n) is 3.50. The van der Waals surface area contributed by atoms with E-state index >= 15 is 0 Å². The minimum atomic E-state index is -0.426. The first-order valence-electron chi connectivity index (χ1n) is 6.32. The number of hydrogen-bond acceptors (Lipinski definition) is 4. The fourth-order valence-corrected chi connectivity index (χ4v) is 2.46. The van der Waals surface area contributed by atoms with Crippen molar-refractivity contribution in [3.8, 4) is 0 Å². The average molecular weight is 267 g/mol. The second kappa shape index (κ2) is 5.88. The lowest BCUT2D eigenvalue weighted by molar-refractivity contribution is 0.239. The predicted molar refractivity (Wildman–Crippen MR) is 71.0 cm³/mol. The summed E-state index contributed by atoms with van der Waals surface area (Å²) in [7, 11) is 0. The molecule has 0 saturated carbocycles. The highest BCUT2D eigenvalue weighted by atomic mass is 19.1. The molecule has 1 atom stereocenters. The quantitative estimate of drug-likeness (QED) is 0.333. The number of hydrogen-bond donors (Lipinski definition) is 3. The summed E-state index contributed by atoms with van der Waals surface area (Å²) in [6.07, 6.45) is 2.89. The van der Waals surface area contributed by atoms with Crippen LogP contribution in [-0.4, -0.2) is 35.3 Å². The van der Waals surface area contributed by atoms with Crippen molar-refractivity contribution in [3.63, 3.8) is 0 Å². The van der Waals surface area contributed by atoms with Crippen molar-refractivity contribution in [1.29, 1.82) is 0 Å². The van der Waals surface area contributed by atoms with Crippen LogP contribution in [0.3, 0.4) is 0 Å². The van der Waals surface area contributed by atoms with Crippen LogP contribution in [0, 0.1) is 5.82 Å². The molecule has 0 aromatic heterocycles. The van der Waals surface area contributed by atoms with Crippen molar-refractivity contribution in [2.45, 2.75) is 25.3 Å². The first kappa shape index (κ1) is 13.6. The van der Waals surface area contributed by atoms with Crippen molar-refractivity contribution in [1.82, 2.24) is 0 Å².